The van der Waals surface area contributed by atoms with Crippen molar-refractivity contribution < 1.29 is 4.74 Å². The molecule has 100 valence electrons. The Morgan fingerprint density at radius 1 is 1.44 bits per heavy atom. The average molecular weight is 312 g/mol. The third-order valence-corrected chi connectivity index (χ3v) is 4.18. The third kappa shape index (κ3) is 3.07. The number of rotatable bonds is 4. The van der Waals surface area contributed by atoms with Crippen molar-refractivity contribution in [2.24, 2.45) is 5.73 Å². The summed E-state index contributed by atoms with van der Waals surface area (Å²) >= 11 is 3.49. The van der Waals surface area contributed by atoms with E-state index >= 15 is 0 Å². The molecular weight excluding hydrogens is 290 g/mol. The van der Waals surface area contributed by atoms with Crippen molar-refractivity contribution in [1.82, 2.24) is 0 Å². The highest BCUT2D eigenvalue weighted by atomic mass is 79.9. The van der Waals surface area contributed by atoms with Gasteiger partial charge in [-0.2, -0.15) is 0 Å². The molecule has 1 aromatic carbocycles. The molecule has 1 heterocycles. The van der Waals surface area contributed by atoms with Gasteiger partial charge < -0.3 is 10.5 Å². The fourth-order valence-corrected chi connectivity index (χ4v) is 3.07. The Bertz CT molecular complexity index is 421. The molecule has 0 saturated carbocycles. The molecule has 2 N–H and O–H groups in total. The second kappa shape index (κ2) is 5.62. The van der Waals surface area contributed by atoms with E-state index in [0.29, 0.717) is 0 Å². The van der Waals surface area contributed by atoms with E-state index in [4.69, 9.17) is 10.5 Å². The van der Waals surface area contributed by atoms with Gasteiger partial charge in [0.1, 0.15) is 11.4 Å². The summed E-state index contributed by atoms with van der Waals surface area (Å²) in [7, 11) is 0. The van der Waals surface area contributed by atoms with Gasteiger partial charge in [0, 0.05) is 22.5 Å². The summed E-state index contributed by atoms with van der Waals surface area (Å²) in [5, 5.41) is 0. The molecule has 0 saturated heterocycles. The maximum absolute atomic E-state index is 6.29. The summed E-state index contributed by atoms with van der Waals surface area (Å²) in [5.41, 5.74) is 7.32. The lowest BCUT2D eigenvalue weighted by Crippen LogP contribution is -2.40. The van der Waals surface area contributed by atoms with Crippen LogP contribution in [0.5, 0.6) is 5.75 Å². The number of benzene rings is 1. The Labute approximate surface area is 118 Å². The van der Waals surface area contributed by atoms with Gasteiger partial charge in [0.25, 0.3) is 0 Å². The van der Waals surface area contributed by atoms with Crippen LogP contribution >= 0.6 is 15.9 Å². The molecule has 0 radical (unpaired) electrons. The van der Waals surface area contributed by atoms with Crippen molar-refractivity contribution in [3.63, 3.8) is 0 Å². The summed E-state index contributed by atoms with van der Waals surface area (Å²) in [6, 6.07) is 6.20. The van der Waals surface area contributed by atoms with Crippen molar-refractivity contribution in [3.05, 3.63) is 28.2 Å². The molecule has 0 fully saturated rings. The Balaban J connectivity index is 2.14. The summed E-state index contributed by atoms with van der Waals surface area (Å²) in [6.45, 7) is 4.41. The number of fused-ring (bicyclic) bond motifs is 1. The molecule has 18 heavy (non-hydrogen) atoms. The van der Waals surface area contributed by atoms with Crippen LogP contribution in [-0.2, 0) is 0 Å². The summed E-state index contributed by atoms with van der Waals surface area (Å²) in [4.78, 5) is 0. The number of hydrogen-bond donors (Lipinski definition) is 1. The smallest absolute Gasteiger partial charge is 0.124 e. The molecule has 2 nitrogen and oxygen atoms in total. The van der Waals surface area contributed by atoms with Crippen LogP contribution in [-0.4, -0.2) is 5.60 Å². The van der Waals surface area contributed by atoms with Gasteiger partial charge in [0.2, 0.25) is 0 Å². The van der Waals surface area contributed by atoms with E-state index in [0.717, 1.165) is 28.6 Å². The predicted molar refractivity (Wildman–Crippen MR) is 78.9 cm³/mol. The molecule has 3 heteroatoms. The lowest BCUT2D eigenvalue weighted by molar-refractivity contribution is 0.0431. The van der Waals surface area contributed by atoms with Gasteiger partial charge in [0.05, 0.1) is 0 Å². The largest absolute Gasteiger partial charge is 0.487 e. The number of nitrogens with two attached hydrogens (primary N) is 1. The minimum absolute atomic E-state index is 0.0814. The molecular formula is C15H22BrNO. The van der Waals surface area contributed by atoms with Gasteiger partial charge in [-0.15, -0.1) is 0 Å². The zero-order valence-corrected chi connectivity index (χ0v) is 12.8. The summed E-state index contributed by atoms with van der Waals surface area (Å²) < 4.78 is 7.26. The number of hydrogen-bond acceptors (Lipinski definition) is 2. The second-order valence-corrected chi connectivity index (χ2v) is 6.42. The quantitative estimate of drug-likeness (QED) is 0.827. The summed E-state index contributed by atoms with van der Waals surface area (Å²) in [6.07, 6.45) is 5.71. The lowest BCUT2D eigenvalue weighted by atomic mass is 9.85. The SMILES string of the molecule is CCCCCC1(C)CC(N)c2cc(Br)ccc2O1. The van der Waals surface area contributed by atoms with Crippen LogP contribution in [0.1, 0.15) is 57.6 Å². The van der Waals surface area contributed by atoms with Crippen LogP contribution in [0.25, 0.3) is 0 Å². The predicted octanol–water partition coefficient (Wildman–Crippen LogP) is 4.57. The first-order valence-corrected chi connectivity index (χ1v) is 7.57. The molecule has 0 aliphatic carbocycles. The minimum atomic E-state index is -0.102. The van der Waals surface area contributed by atoms with Crippen molar-refractivity contribution in [2.45, 2.75) is 57.6 Å². The molecule has 0 amide bonds. The molecule has 1 aliphatic rings. The minimum Gasteiger partial charge on any atom is -0.487 e. The van der Waals surface area contributed by atoms with Gasteiger partial charge in [-0.1, -0.05) is 35.7 Å². The van der Waals surface area contributed by atoms with Crippen molar-refractivity contribution in [2.75, 3.05) is 0 Å². The molecule has 2 atom stereocenters. The first-order chi connectivity index (χ1) is 8.54. The lowest BCUT2D eigenvalue weighted by Gasteiger charge is -2.39. The highest BCUT2D eigenvalue weighted by molar-refractivity contribution is 9.10. The highest BCUT2D eigenvalue weighted by Gasteiger charge is 2.35. The fourth-order valence-electron chi connectivity index (χ4n) is 2.69. The Morgan fingerprint density at radius 3 is 2.94 bits per heavy atom. The van der Waals surface area contributed by atoms with Crippen molar-refractivity contribution >= 4 is 15.9 Å². The Kier molecular flexibility index (Phi) is 4.33. The zero-order valence-electron chi connectivity index (χ0n) is 11.2. The highest BCUT2D eigenvalue weighted by Crippen LogP contribution is 2.41. The van der Waals surface area contributed by atoms with E-state index in [-0.39, 0.29) is 11.6 Å². The van der Waals surface area contributed by atoms with Crippen LogP contribution in [0.2, 0.25) is 0 Å². The number of unbranched alkanes of at least 4 members (excludes halogenated alkanes) is 2. The molecule has 2 unspecified atom stereocenters. The number of ether oxygens (including phenoxy) is 1. The molecule has 1 aliphatic heterocycles. The second-order valence-electron chi connectivity index (χ2n) is 5.50. The van der Waals surface area contributed by atoms with E-state index < -0.39 is 0 Å². The fraction of sp³-hybridized carbons (Fsp3) is 0.600. The van der Waals surface area contributed by atoms with E-state index in [1.165, 1.54) is 19.3 Å². The van der Waals surface area contributed by atoms with Crippen LogP contribution in [0, 0.1) is 0 Å². The van der Waals surface area contributed by atoms with Crippen LogP contribution in [0.3, 0.4) is 0 Å². The topological polar surface area (TPSA) is 35.2 Å². The summed E-state index contributed by atoms with van der Waals surface area (Å²) in [5.74, 6) is 0.955. The van der Waals surface area contributed by atoms with Crippen LogP contribution in [0.4, 0.5) is 0 Å². The standard InChI is InChI=1S/C15H22BrNO/c1-3-4-5-8-15(2)10-13(17)12-9-11(16)6-7-14(12)18-15/h6-7,9,13H,3-5,8,10,17H2,1-2H3. The van der Waals surface area contributed by atoms with Gasteiger partial charge in [-0.3, -0.25) is 0 Å². The van der Waals surface area contributed by atoms with Crippen LogP contribution < -0.4 is 10.5 Å². The zero-order chi connectivity index (χ0) is 13.2. The maximum atomic E-state index is 6.29. The maximum Gasteiger partial charge on any atom is 0.124 e. The van der Waals surface area contributed by atoms with E-state index in [1.54, 1.807) is 0 Å². The molecule has 1 aromatic rings. The van der Waals surface area contributed by atoms with Gasteiger partial charge in [-0.25, -0.2) is 0 Å². The molecule has 0 aromatic heterocycles. The molecule has 0 bridgehead atoms. The molecule has 0 spiro atoms. The van der Waals surface area contributed by atoms with Crippen molar-refractivity contribution in [3.8, 4) is 5.75 Å². The van der Waals surface area contributed by atoms with E-state index in [2.05, 4.69) is 35.8 Å². The van der Waals surface area contributed by atoms with Crippen LogP contribution in [0.15, 0.2) is 22.7 Å². The van der Waals surface area contributed by atoms with E-state index in [9.17, 15) is 0 Å². The van der Waals surface area contributed by atoms with Gasteiger partial charge in [-0.05, 0) is 38.0 Å². The Morgan fingerprint density at radius 2 is 2.22 bits per heavy atom. The third-order valence-electron chi connectivity index (χ3n) is 3.69. The normalized spacial score (nSPS) is 26.6. The molecule has 2 rings (SSSR count). The monoisotopic (exact) mass is 311 g/mol. The Hall–Kier alpha value is -0.540. The number of halogens is 1. The first kappa shape index (κ1) is 13.9. The first-order valence-electron chi connectivity index (χ1n) is 6.78. The average Bonchev–Trinajstić information content (AvgIpc) is 2.31. The van der Waals surface area contributed by atoms with Gasteiger partial charge in [0.15, 0.2) is 0 Å². The van der Waals surface area contributed by atoms with Crippen molar-refractivity contribution in [1.29, 1.82) is 0 Å². The van der Waals surface area contributed by atoms with E-state index in [1.807, 2.05) is 12.1 Å². The van der Waals surface area contributed by atoms with Gasteiger partial charge >= 0.3 is 0 Å².